The third-order valence-corrected chi connectivity index (χ3v) is 4.31. The molecule has 0 amide bonds. The summed E-state index contributed by atoms with van der Waals surface area (Å²) in [4.78, 5) is 9.11. The van der Waals surface area contributed by atoms with Crippen molar-refractivity contribution in [3.63, 3.8) is 0 Å². The molecule has 0 aliphatic rings. The van der Waals surface area contributed by atoms with Crippen LogP contribution in [0.5, 0.6) is 0 Å². The van der Waals surface area contributed by atoms with Crippen LogP contribution < -0.4 is 0 Å². The molecule has 0 bridgehead atoms. The average molecular weight is 341 g/mol. The highest BCUT2D eigenvalue weighted by molar-refractivity contribution is 6.43. The van der Waals surface area contributed by atoms with Crippen molar-refractivity contribution in [1.29, 1.82) is 0 Å². The van der Waals surface area contributed by atoms with E-state index >= 15 is 0 Å². The van der Waals surface area contributed by atoms with Crippen LogP contribution in [0.15, 0.2) is 30.5 Å². The first kappa shape index (κ1) is 14.6. The van der Waals surface area contributed by atoms with Crippen LogP contribution in [-0.2, 0) is 6.42 Å². The largest absolute Gasteiger partial charge is 0.279 e. The minimum absolute atomic E-state index is 0.473. The molecule has 21 heavy (non-hydrogen) atoms. The first-order valence-electron chi connectivity index (χ1n) is 6.46. The summed E-state index contributed by atoms with van der Waals surface area (Å²) < 4.78 is 1.93. The number of halogens is 3. The zero-order valence-electron chi connectivity index (χ0n) is 11.3. The minimum atomic E-state index is 0.473. The van der Waals surface area contributed by atoms with Crippen LogP contribution in [0, 0.1) is 6.92 Å². The van der Waals surface area contributed by atoms with Gasteiger partial charge >= 0.3 is 0 Å². The predicted molar refractivity (Wildman–Crippen MR) is 88.0 cm³/mol. The molecule has 0 aliphatic heterocycles. The third kappa shape index (κ3) is 2.50. The van der Waals surface area contributed by atoms with Crippen molar-refractivity contribution < 1.29 is 0 Å². The van der Waals surface area contributed by atoms with Crippen molar-refractivity contribution in [3.8, 4) is 5.69 Å². The van der Waals surface area contributed by atoms with Crippen molar-refractivity contribution >= 4 is 46.0 Å². The third-order valence-electron chi connectivity index (χ3n) is 3.31. The van der Waals surface area contributed by atoms with Crippen LogP contribution in [-0.4, -0.2) is 20.4 Å². The van der Waals surface area contributed by atoms with Crippen molar-refractivity contribution in [2.75, 3.05) is 5.88 Å². The minimum Gasteiger partial charge on any atom is -0.279 e. The van der Waals surface area contributed by atoms with Gasteiger partial charge in [-0.1, -0.05) is 29.3 Å². The summed E-state index contributed by atoms with van der Waals surface area (Å²) in [6, 6.07) is 7.45. The van der Waals surface area contributed by atoms with Gasteiger partial charge in [-0.3, -0.25) is 4.57 Å². The summed E-state index contributed by atoms with van der Waals surface area (Å²) >= 11 is 18.4. The highest BCUT2D eigenvalue weighted by Gasteiger charge is 2.17. The van der Waals surface area contributed by atoms with Crippen molar-refractivity contribution in [2.24, 2.45) is 0 Å². The van der Waals surface area contributed by atoms with Crippen LogP contribution in [0.4, 0.5) is 0 Å². The summed E-state index contributed by atoms with van der Waals surface area (Å²) in [7, 11) is 0. The number of hydrogen-bond donors (Lipinski definition) is 0. The number of nitrogens with zero attached hydrogens (tertiary/aromatic N) is 3. The molecule has 0 N–H and O–H groups in total. The van der Waals surface area contributed by atoms with E-state index in [0.29, 0.717) is 22.3 Å². The second-order valence-corrected chi connectivity index (χ2v) is 5.84. The van der Waals surface area contributed by atoms with Crippen LogP contribution in [0.3, 0.4) is 0 Å². The molecular formula is C15H12Cl3N3. The Morgan fingerprint density at radius 1 is 1.19 bits per heavy atom. The van der Waals surface area contributed by atoms with Gasteiger partial charge in [-0.25, -0.2) is 9.97 Å². The standard InChI is InChI=1S/C15H12Cl3N3/c1-9-6-8-19-15-14(9)20-12(5-7-16)21(15)11-4-2-3-10(17)13(11)18/h2-4,6,8H,5,7H2,1H3. The van der Waals surface area contributed by atoms with Crippen LogP contribution in [0.25, 0.3) is 16.9 Å². The summed E-state index contributed by atoms with van der Waals surface area (Å²) in [5, 5.41) is 0.984. The van der Waals surface area contributed by atoms with E-state index in [4.69, 9.17) is 34.8 Å². The molecule has 0 unspecified atom stereocenters. The number of hydrogen-bond acceptors (Lipinski definition) is 2. The molecule has 0 saturated carbocycles. The molecule has 1 aromatic carbocycles. The van der Waals surface area contributed by atoms with Crippen LogP contribution >= 0.6 is 34.8 Å². The van der Waals surface area contributed by atoms with Crippen molar-refractivity contribution in [1.82, 2.24) is 14.5 Å². The highest BCUT2D eigenvalue weighted by Crippen LogP contribution is 2.32. The van der Waals surface area contributed by atoms with Gasteiger partial charge < -0.3 is 0 Å². The molecule has 3 aromatic rings. The van der Waals surface area contributed by atoms with Gasteiger partial charge in [0.25, 0.3) is 0 Å². The number of alkyl halides is 1. The quantitative estimate of drug-likeness (QED) is 0.640. The van der Waals surface area contributed by atoms with E-state index in [9.17, 15) is 0 Å². The summed E-state index contributed by atoms with van der Waals surface area (Å²) in [6.45, 7) is 2.01. The van der Waals surface area contributed by atoms with E-state index < -0.39 is 0 Å². The van der Waals surface area contributed by atoms with Crippen molar-refractivity contribution in [2.45, 2.75) is 13.3 Å². The number of fused-ring (bicyclic) bond motifs is 1. The zero-order valence-corrected chi connectivity index (χ0v) is 13.5. The van der Waals surface area contributed by atoms with E-state index in [1.165, 1.54) is 0 Å². The Morgan fingerprint density at radius 2 is 2.00 bits per heavy atom. The fourth-order valence-corrected chi connectivity index (χ4v) is 2.86. The number of imidazole rings is 1. The topological polar surface area (TPSA) is 30.7 Å². The van der Waals surface area contributed by atoms with Gasteiger partial charge in [0.1, 0.15) is 11.3 Å². The number of rotatable bonds is 3. The molecule has 3 nitrogen and oxygen atoms in total. The highest BCUT2D eigenvalue weighted by atomic mass is 35.5. The monoisotopic (exact) mass is 339 g/mol. The van der Waals surface area contributed by atoms with Gasteiger partial charge in [0.2, 0.25) is 0 Å². The molecule has 2 aromatic heterocycles. The molecule has 0 saturated heterocycles. The van der Waals surface area contributed by atoms with E-state index in [1.807, 2.05) is 29.7 Å². The second-order valence-electron chi connectivity index (χ2n) is 4.68. The molecule has 0 radical (unpaired) electrons. The lowest BCUT2D eigenvalue weighted by Gasteiger charge is -2.10. The van der Waals surface area contributed by atoms with Gasteiger partial charge in [-0.2, -0.15) is 0 Å². The van der Waals surface area contributed by atoms with Crippen LogP contribution in [0.2, 0.25) is 10.0 Å². The maximum Gasteiger partial charge on any atom is 0.164 e. The first-order valence-corrected chi connectivity index (χ1v) is 7.76. The number of pyridine rings is 1. The smallest absolute Gasteiger partial charge is 0.164 e. The summed E-state index contributed by atoms with van der Waals surface area (Å²) in [5.74, 6) is 1.30. The maximum atomic E-state index is 6.36. The average Bonchev–Trinajstić information content (AvgIpc) is 2.82. The summed E-state index contributed by atoms with van der Waals surface area (Å²) in [5.41, 5.74) is 3.45. The van der Waals surface area contributed by atoms with Gasteiger partial charge in [0.05, 0.1) is 15.7 Å². The number of aromatic nitrogens is 3. The zero-order chi connectivity index (χ0) is 15.0. The van der Waals surface area contributed by atoms with E-state index in [-0.39, 0.29) is 0 Å². The predicted octanol–water partition coefficient (Wildman–Crippen LogP) is 4.82. The van der Waals surface area contributed by atoms with Gasteiger partial charge in [-0.15, -0.1) is 11.6 Å². The SMILES string of the molecule is Cc1ccnc2c1nc(CCCl)n2-c1cccc(Cl)c1Cl. The molecule has 6 heteroatoms. The molecule has 108 valence electrons. The van der Waals surface area contributed by atoms with Gasteiger partial charge in [-0.05, 0) is 30.7 Å². The molecule has 2 heterocycles. The fraction of sp³-hybridized carbons (Fsp3) is 0.200. The van der Waals surface area contributed by atoms with Gasteiger partial charge in [0.15, 0.2) is 5.65 Å². The normalized spacial score (nSPS) is 11.2. The number of benzene rings is 1. The lowest BCUT2D eigenvalue weighted by molar-refractivity contribution is 0.905. The second kappa shape index (κ2) is 5.84. The molecule has 0 atom stereocenters. The van der Waals surface area contributed by atoms with E-state index in [2.05, 4.69) is 9.97 Å². The Bertz CT molecular complexity index is 811. The Hall–Kier alpha value is -1.29. The van der Waals surface area contributed by atoms with Crippen molar-refractivity contribution in [3.05, 3.63) is 51.9 Å². The maximum absolute atomic E-state index is 6.36. The Morgan fingerprint density at radius 3 is 2.76 bits per heavy atom. The first-order chi connectivity index (χ1) is 10.1. The molecular weight excluding hydrogens is 329 g/mol. The van der Waals surface area contributed by atoms with E-state index in [0.717, 1.165) is 28.2 Å². The Kier molecular flexibility index (Phi) is 4.07. The van der Waals surface area contributed by atoms with E-state index in [1.54, 1.807) is 12.3 Å². The fourth-order valence-electron chi connectivity index (χ4n) is 2.31. The molecule has 0 fully saturated rings. The molecule has 3 rings (SSSR count). The lowest BCUT2D eigenvalue weighted by Crippen LogP contribution is -2.03. The van der Waals surface area contributed by atoms with Crippen LogP contribution in [0.1, 0.15) is 11.4 Å². The lowest BCUT2D eigenvalue weighted by atomic mass is 10.2. The summed E-state index contributed by atoms with van der Waals surface area (Å²) in [6.07, 6.45) is 2.39. The Labute approximate surface area is 137 Å². The number of aryl methyl sites for hydroxylation is 2. The molecule has 0 aliphatic carbocycles. The Balaban J connectivity index is 2.37. The van der Waals surface area contributed by atoms with Gasteiger partial charge in [0, 0.05) is 18.5 Å². The molecule has 0 spiro atoms.